The molecule has 9 atom stereocenters. The van der Waals surface area contributed by atoms with Gasteiger partial charge in [-0.15, -0.1) is 0 Å². The highest BCUT2D eigenvalue weighted by atomic mass is 31.2. The van der Waals surface area contributed by atoms with Crippen LogP contribution in [0.15, 0.2) is 0 Å². The van der Waals surface area contributed by atoms with Crippen molar-refractivity contribution in [3.8, 4) is 0 Å². The van der Waals surface area contributed by atoms with Gasteiger partial charge < -0.3 is 59.1 Å². The summed E-state index contributed by atoms with van der Waals surface area (Å²) < 4.78 is 54.5. The number of carboxylic acid groups (broad SMARTS) is 1. The summed E-state index contributed by atoms with van der Waals surface area (Å²) in [6.07, 6.45) is 30.8. The Balaban J connectivity index is 3.83. The Kier molecular flexibility index (Phi) is 57.4. The van der Waals surface area contributed by atoms with E-state index in [2.05, 4.69) is 52.2 Å². The Hall–Kier alpha value is -3.72. The molecule has 0 aromatic carbocycles. The van der Waals surface area contributed by atoms with Gasteiger partial charge in [-0.3, -0.25) is 33.3 Å². The standard InChI is InChI=1S/C75H139N2O19P/c1-7-13-19-25-28-31-34-40-43-49-60(91-67(81)52-46-37-22-16-10-4)55-65(79)76-63(74(85)86)59-90-75-71(77-66(80)56-61(92-68(82)53-47-38-23-17-11-5)50-44-41-35-32-29-26-20-14-8-2)73(72(64(58-78)94-75)96-97(87,88)89)95-70(84)57-62(93-69(83)54-48-39-24-18-12-6)51-45-42-36-33-30-27-21-15-9-3/h60-64,71-73,75,78H,7-59H2,1-6H3,(H,76,79)(H,77,80)(H,85,86)(H2,87,88,89)/t60-,61-,62-,63+,64-,71-,72-,73-,75-/m1/s1. The fourth-order valence-corrected chi connectivity index (χ4v) is 13.0. The molecule has 2 amide bonds. The summed E-state index contributed by atoms with van der Waals surface area (Å²) in [5.41, 5.74) is 0. The molecular weight excluding hydrogens is 1260 g/mol. The minimum atomic E-state index is -5.55. The summed E-state index contributed by atoms with van der Waals surface area (Å²) in [6, 6.07) is -3.59. The van der Waals surface area contributed by atoms with Crippen molar-refractivity contribution in [2.45, 2.75) is 424 Å². The molecule has 97 heavy (non-hydrogen) atoms. The number of rotatable bonds is 67. The molecule has 1 fully saturated rings. The smallest absolute Gasteiger partial charge is 0.470 e. The van der Waals surface area contributed by atoms with E-state index in [0.717, 1.165) is 186 Å². The van der Waals surface area contributed by atoms with E-state index < -0.39 is 131 Å². The van der Waals surface area contributed by atoms with Crippen molar-refractivity contribution in [3.63, 3.8) is 0 Å². The van der Waals surface area contributed by atoms with Gasteiger partial charge >= 0.3 is 37.7 Å². The molecule has 0 saturated carbocycles. The number of esters is 4. The minimum Gasteiger partial charge on any atom is -0.480 e. The van der Waals surface area contributed by atoms with Crippen molar-refractivity contribution in [3.05, 3.63) is 0 Å². The highest BCUT2D eigenvalue weighted by Crippen LogP contribution is 2.42. The number of phosphoric ester groups is 1. The number of unbranched alkanes of at least 4 members (excludes halogenated alkanes) is 36. The lowest BCUT2D eigenvalue weighted by atomic mass is 9.95. The Morgan fingerprint density at radius 2 is 0.742 bits per heavy atom. The molecule has 568 valence electrons. The Bertz CT molecular complexity index is 2060. The van der Waals surface area contributed by atoms with Crippen LogP contribution in [0, 0.1) is 0 Å². The lowest BCUT2D eigenvalue weighted by Gasteiger charge is -2.45. The van der Waals surface area contributed by atoms with Crippen LogP contribution < -0.4 is 10.6 Å². The molecule has 1 aliphatic heterocycles. The van der Waals surface area contributed by atoms with E-state index in [4.69, 9.17) is 32.9 Å². The van der Waals surface area contributed by atoms with Gasteiger partial charge in [0.25, 0.3) is 0 Å². The lowest BCUT2D eigenvalue weighted by Crippen LogP contribution is -2.66. The molecule has 1 heterocycles. The van der Waals surface area contributed by atoms with E-state index in [1.165, 1.54) is 44.9 Å². The third-order valence-corrected chi connectivity index (χ3v) is 18.7. The molecule has 21 nitrogen and oxygen atoms in total. The van der Waals surface area contributed by atoms with Gasteiger partial charge in [0.1, 0.15) is 36.6 Å². The predicted octanol–water partition coefficient (Wildman–Crippen LogP) is 16.9. The monoisotopic (exact) mass is 1400 g/mol. The fraction of sp³-hybridized carbons (Fsp3) is 0.907. The van der Waals surface area contributed by atoms with Crippen molar-refractivity contribution in [1.82, 2.24) is 10.6 Å². The van der Waals surface area contributed by atoms with Gasteiger partial charge in [-0.1, -0.05) is 273 Å². The quantitative estimate of drug-likeness (QED) is 0.0143. The molecule has 0 aromatic rings. The summed E-state index contributed by atoms with van der Waals surface area (Å²) >= 11 is 0. The molecule has 0 bridgehead atoms. The van der Waals surface area contributed by atoms with Crippen LogP contribution in [0.1, 0.15) is 369 Å². The first-order chi connectivity index (χ1) is 46.8. The first-order valence-electron chi connectivity index (χ1n) is 39.1. The van der Waals surface area contributed by atoms with Crippen LogP contribution >= 0.6 is 7.82 Å². The zero-order valence-corrected chi connectivity index (χ0v) is 62.4. The van der Waals surface area contributed by atoms with Gasteiger partial charge in [-0.25, -0.2) is 9.36 Å². The molecule has 1 rings (SSSR count). The third-order valence-electron chi connectivity index (χ3n) is 18.2. The van der Waals surface area contributed by atoms with E-state index in [9.17, 15) is 58.1 Å². The van der Waals surface area contributed by atoms with E-state index in [1.807, 2.05) is 0 Å². The Morgan fingerprint density at radius 3 is 1.07 bits per heavy atom. The first-order valence-corrected chi connectivity index (χ1v) is 40.6. The van der Waals surface area contributed by atoms with Crippen LogP contribution in [0.4, 0.5) is 0 Å². The van der Waals surface area contributed by atoms with Crippen molar-refractivity contribution in [1.29, 1.82) is 0 Å². The largest absolute Gasteiger partial charge is 0.480 e. The number of aliphatic hydroxyl groups is 1. The van der Waals surface area contributed by atoms with E-state index in [1.54, 1.807) is 0 Å². The van der Waals surface area contributed by atoms with Gasteiger partial charge in [-0.2, -0.15) is 0 Å². The molecule has 0 spiro atoms. The van der Waals surface area contributed by atoms with E-state index in [0.29, 0.717) is 51.4 Å². The van der Waals surface area contributed by atoms with E-state index >= 15 is 0 Å². The number of carbonyl (C=O) groups excluding carboxylic acids is 6. The second-order valence-electron chi connectivity index (χ2n) is 27.4. The van der Waals surface area contributed by atoms with Crippen molar-refractivity contribution in [2.24, 2.45) is 0 Å². The highest BCUT2D eigenvalue weighted by molar-refractivity contribution is 7.46. The number of carbonyl (C=O) groups is 7. The predicted molar refractivity (Wildman–Crippen MR) is 379 cm³/mol. The number of nitrogens with one attached hydrogen (secondary N) is 2. The third kappa shape index (κ3) is 50.3. The highest BCUT2D eigenvalue weighted by Gasteiger charge is 2.52. The molecule has 22 heteroatoms. The Labute approximate surface area is 585 Å². The molecule has 1 saturated heterocycles. The maximum absolute atomic E-state index is 14.7. The molecule has 1 aliphatic rings. The molecule has 0 aromatic heterocycles. The normalized spacial score (nSPS) is 17.6. The average molecular weight is 1400 g/mol. The van der Waals surface area contributed by atoms with Crippen LogP contribution in [-0.2, 0) is 71.1 Å². The summed E-state index contributed by atoms with van der Waals surface area (Å²) in [5.74, 6) is -5.58. The number of hydrogen-bond donors (Lipinski definition) is 6. The lowest BCUT2D eigenvalue weighted by molar-refractivity contribution is -0.272. The van der Waals surface area contributed by atoms with Crippen LogP contribution in [-0.4, -0.2) is 130 Å². The van der Waals surface area contributed by atoms with Crippen LogP contribution in [0.2, 0.25) is 0 Å². The number of aliphatic hydroxyl groups excluding tert-OH is 1. The van der Waals surface area contributed by atoms with Gasteiger partial charge in [0.15, 0.2) is 18.4 Å². The molecule has 6 N–H and O–H groups in total. The second-order valence-corrected chi connectivity index (χ2v) is 28.6. The fourth-order valence-electron chi connectivity index (χ4n) is 12.4. The zero-order valence-electron chi connectivity index (χ0n) is 61.5. The topological polar surface area (TPSA) is 306 Å². The number of ether oxygens (including phenoxy) is 6. The average Bonchev–Trinajstić information content (AvgIpc) is 0.783. The minimum absolute atomic E-state index is 0.120. The SMILES string of the molecule is CCCCCCCCCCC[C@H](CC(=O)N[C@H]1[C@H](OC[C@H](NC(=O)C[C@@H](CCCCCCCCCCC)OC(=O)CCCCCCC)C(=O)O)O[C@H](CO)[C@@H](OP(=O)(O)O)[C@@H]1OC(=O)C[C@@H](CCCCCCCCCCC)OC(=O)CCCCCCC)OC(=O)CCCCCCC. The Morgan fingerprint density at radius 1 is 0.423 bits per heavy atom. The van der Waals surface area contributed by atoms with Crippen LogP contribution in [0.25, 0.3) is 0 Å². The zero-order chi connectivity index (χ0) is 71.6. The number of phosphoric acid groups is 1. The second kappa shape index (κ2) is 61.0. The van der Waals surface area contributed by atoms with Gasteiger partial charge in [0.05, 0.1) is 32.5 Å². The van der Waals surface area contributed by atoms with Gasteiger partial charge in [0, 0.05) is 19.3 Å². The van der Waals surface area contributed by atoms with Crippen molar-refractivity contribution < 1.29 is 91.1 Å². The maximum Gasteiger partial charge on any atom is 0.470 e. The summed E-state index contributed by atoms with van der Waals surface area (Å²) in [5, 5.41) is 26.8. The number of hydrogen-bond acceptors (Lipinski definition) is 16. The van der Waals surface area contributed by atoms with Gasteiger partial charge in [-0.05, 0) is 57.8 Å². The molecule has 0 radical (unpaired) electrons. The number of carboxylic acids is 1. The van der Waals surface area contributed by atoms with E-state index in [-0.39, 0.29) is 32.1 Å². The van der Waals surface area contributed by atoms with Crippen LogP contribution in [0.5, 0.6) is 0 Å². The van der Waals surface area contributed by atoms with Gasteiger partial charge in [0.2, 0.25) is 11.8 Å². The van der Waals surface area contributed by atoms with Crippen LogP contribution in [0.3, 0.4) is 0 Å². The van der Waals surface area contributed by atoms with Crippen molar-refractivity contribution in [2.75, 3.05) is 13.2 Å². The molecule has 0 unspecified atom stereocenters. The summed E-state index contributed by atoms with van der Waals surface area (Å²) in [6.45, 7) is 10.9. The molecular formula is C75H139N2O19P. The number of amides is 2. The summed E-state index contributed by atoms with van der Waals surface area (Å²) in [4.78, 5) is 117. The maximum atomic E-state index is 14.7. The first kappa shape index (κ1) is 91.3. The number of aliphatic carboxylic acids is 1. The summed E-state index contributed by atoms with van der Waals surface area (Å²) in [7, 11) is -5.55. The van der Waals surface area contributed by atoms with Crippen molar-refractivity contribution >= 4 is 49.5 Å². The molecule has 0 aliphatic carbocycles.